The maximum absolute atomic E-state index is 11.6. The highest BCUT2D eigenvalue weighted by Gasteiger charge is 2.16. The predicted octanol–water partition coefficient (Wildman–Crippen LogP) is 2.33. The van der Waals surface area contributed by atoms with Crippen LogP contribution in [0.4, 0.5) is 0 Å². The second kappa shape index (κ2) is 4.13. The van der Waals surface area contributed by atoms with Crippen LogP contribution in [0.1, 0.15) is 30.6 Å². The van der Waals surface area contributed by atoms with Crippen molar-refractivity contribution in [2.75, 3.05) is 0 Å². The highest BCUT2D eigenvalue weighted by Crippen LogP contribution is 2.28. The first kappa shape index (κ1) is 10.6. The van der Waals surface area contributed by atoms with Gasteiger partial charge in [0, 0.05) is 6.42 Å². The van der Waals surface area contributed by atoms with Gasteiger partial charge in [-0.2, -0.15) is 0 Å². The van der Waals surface area contributed by atoms with Gasteiger partial charge in [0.2, 0.25) is 0 Å². The van der Waals surface area contributed by atoms with Crippen molar-refractivity contribution in [2.24, 2.45) is 5.92 Å². The Bertz CT molecular complexity index is 322. The molecular formula is C11H14O3. The van der Waals surface area contributed by atoms with Gasteiger partial charge in [-0.15, -0.1) is 0 Å². The molecule has 0 heterocycles. The highest BCUT2D eigenvalue weighted by atomic mass is 16.3. The van der Waals surface area contributed by atoms with Crippen molar-refractivity contribution in [2.45, 2.75) is 20.3 Å². The number of carbonyl (C=O) groups is 1. The molecule has 0 atom stereocenters. The fraction of sp³-hybridized carbons (Fsp3) is 0.364. The van der Waals surface area contributed by atoms with E-state index in [-0.39, 0.29) is 28.8 Å². The third-order valence-corrected chi connectivity index (χ3v) is 1.89. The molecule has 0 saturated carbocycles. The van der Waals surface area contributed by atoms with Crippen molar-refractivity contribution in [3.8, 4) is 11.5 Å². The summed E-state index contributed by atoms with van der Waals surface area (Å²) >= 11 is 0. The minimum Gasteiger partial charge on any atom is -0.507 e. The molecule has 0 bridgehead atoms. The van der Waals surface area contributed by atoms with Crippen molar-refractivity contribution in [3.63, 3.8) is 0 Å². The van der Waals surface area contributed by atoms with E-state index in [9.17, 15) is 15.0 Å². The topological polar surface area (TPSA) is 57.5 Å². The number of hydrogen-bond acceptors (Lipinski definition) is 3. The minimum absolute atomic E-state index is 0.0289. The average molecular weight is 194 g/mol. The van der Waals surface area contributed by atoms with E-state index in [1.807, 2.05) is 13.8 Å². The van der Waals surface area contributed by atoms with Crippen LogP contribution in [-0.2, 0) is 0 Å². The molecule has 76 valence electrons. The van der Waals surface area contributed by atoms with Crippen LogP contribution in [0.15, 0.2) is 18.2 Å². The summed E-state index contributed by atoms with van der Waals surface area (Å²) in [4.78, 5) is 11.6. The van der Waals surface area contributed by atoms with Crippen molar-refractivity contribution in [3.05, 3.63) is 23.8 Å². The fourth-order valence-electron chi connectivity index (χ4n) is 1.29. The van der Waals surface area contributed by atoms with E-state index >= 15 is 0 Å². The Morgan fingerprint density at radius 1 is 1.29 bits per heavy atom. The lowest BCUT2D eigenvalue weighted by molar-refractivity contribution is 0.0962. The molecule has 0 aliphatic heterocycles. The van der Waals surface area contributed by atoms with Crippen LogP contribution < -0.4 is 0 Å². The molecule has 0 fully saturated rings. The Labute approximate surface area is 83.0 Å². The zero-order chi connectivity index (χ0) is 10.7. The van der Waals surface area contributed by atoms with Crippen LogP contribution in [0.5, 0.6) is 11.5 Å². The summed E-state index contributed by atoms with van der Waals surface area (Å²) in [6.45, 7) is 3.82. The number of aromatic hydroxyl groups is 2. The highest BCUT2D eigenvalue weighted by molar-refractivity contribution is 6.01. The van der Waals surface area contributed by atoms with E-state index in [1.54, 1.807) is 0 Å². The van der Waals surface area contributed by atoms with Crippen molar-refractivity contribution >= 4 is 5.78 Å². The lowest BCUT2D eigenvalue weighted by Crippen LogP contribution is -2.04. The molecule has 0 aliphatic rings. The third kappa shape index (κ3) is 2.25. The first-order valence-electron chi connectivity index (χ1n) is 4.56. The molecule has 0 saturated heterocycles. The Hall–Kier alpha value is -1.51. The Balaban J connectivity index is 3.00. The van der Waals surface area contributed by atoms with Gasteiger partial charge in [-0.3, -0.25) is 4.79 Å². The van der Waals surface area contributed by atoms with Crippen LogP contribution in [0, 0.1) is 5.92 Å². The SMILES string of the molecule is CC(C)CC(=O)c1c(O)cccc1O. The van der Waals surface area contributed by atoms with Crippen molar-refractivity contribution < 1.29 is 15.0 Å². The fourth-order valence-corrected chi connectivity index (χ4v) is 1.29. The van der Waals surface area contributed by atoms with Gasteiger partial charge in [0.25, 0.3) is 0 Å². The zero-order valence-electron chi connectivity index (χ0n) is 8.32. The van der Waals surface area contributed by atoms with Gasteiger partial charge in [0.15, 0.2) is 5.78 Å². The number of ketones is 1. The number of Topliss-reactive ketones (excluding diaryl/α,β-unsaturated/α-hetero) is 1. The van der Waals surface area contributed by atoms with Crippen molar-refractivity contribution in [1.82, 2.24) is 0 Å². The summed E-state index contributed by atoms with van der Waals surface area (Å²) in [6.07, 6.45) is 0.325. The lowest BCUT2D eigenvalue weighted by atomic mass is 10.00. The number of benzene rings is 1. The molecule has 0 spiro atoms. The molecule has 0 aliphatic carbocycles. The molecule has 0 radical (unpaired) electrons. The third-order valence-electron chi connectivity index (χ3n) is 1.89. The van der Waals surface area contributed by atoms with E-state index in [0.717, 1.165) is 0 Å². The Kier molecular flexibility index (Phi) is 3.12. The van der Waals surface area contributed by atoms with Crippen LogP contribution in [0.2, 0.25) is 0 Å². The molecule has 2 N–H and O–H groups in total. The summed E-state index contributed by atoms with van der Waals surface area (Å²) in [7, 11) is 0. The van der Waals surface area contributed by atoms with Crippen LogP contribution in [-0.4, -0.2) is 16.0 Å². The molecular weight excluding hydrogens is 180 g/mol. The van der Waals surface area contributed by atoms with Gasteiger partial charge in [0.1, 0.15) is 17.1 Å². The summed E-state index contributed by atoms with van der Waals surface area (Å²) in [5, 5.41) is 18.8. The Morgan fingerprint density at radius 2 is 1.79 bits per heavy atom. The van der Waals surface area contributed by atoms with E-state index in [2.05, 4.69) is 0 Å². The van der Waals surface area contributed by atoms with Gasteiger partial charge < -0.3 is 10.2 Å². The largest absolute Gasteiger partial charge is 0.507 e. The molecule has 0 aromatic heterocycles. The van der Waals surface area contributed by atoms with Gasteiger partial charge in [-0.1, -0.05) is 19.9 Å². The van der Waals surface area contributed by atoms with E-state index < -0.39 is 0 Å². The molecule has 0 amide bonds. The number of phenolic OH excluding ortho intramolecular Hbond substituents is 2. The van der Waals surface area contributed by atoms with Gasteiger partial charge in [-0.25, -0.2) is 0 Å². The molecule has 1 rings (SSSR count). The maximum Gasteiger partial charge on any atom is 0.170 e. The van der Waals surface area contributed by atoms with Gasteiger partial charge in [0.05, 0.1) is 0 Å². The standard InChI is InChI=1S/C11H14O3/c1-7(2)6-10(14)11-8(12)4-3-5-9(11)13/h3-5,7,12-13H,6H2,1-2H3. The molecule has 1 aromatic rings. The molecule has 3 nitrogen and oxygen atoms in total. The van der Waals surface area contributed by atoms with Gasteiger partial charge >= 0.3 is 0 Å². The number of phenols is 2. The number of carbonyl (C=O) groups excluding carboxylic acids is 1. The zero-order valence-corrected chi connectivity index (χ0v) is 8.32. The first-order valence-corrected chi connectivity index (χ1v) is 4.56. The maximum atomic E-state index is 11.6. The predicted molar refractivity (Wildman–Crippen MR) is 53.6 cm³/mol. The molecule has 0 unspecified atom stereocenters. The molecule has 14 heavy (non-hydrogen) atoms. The smallest absolute Gasteiger partial charge is 0.170 e. The number of hydrogen-bond donors (Lipinski definition) is 2. The lowest BCUT2D eigenvalue weighted by Gasteiger charge is -2.07. The van der Waals surface area contributed by atoms with E-state index in [0.29, 0.717) is 6.42 Å². The van der Waals surface area contributed by atoms with E-state index in [4.69, 9.17) is 0 Å². The number of rotatable bonds is 3. The van der Waals surface area contributed by atoms with Crippen LogP contribution in [0.3, 0.4) is 0 Å². The van der Waals surface area contributed by atoms with E-state index in [1.165, 1.54) is 18.2 Å². The second-order valence-electron chi connectivity index (χ2n) is 3.69. The second-order valence-corrected chi connectivity index (χ2v) is 3.69. The first-order chi connectivity index (χ1) is 6.52. The summed E-state index contributed by atoms with van der Waals surface area (Å²) in [5.41, 5.74) is 0.0289. The normalized spacial score (nSPS) is 10.5. The van der Waals surface area contributed by atoms with Crippen molar-refractivity contribution in [1.29, 1.82) is 0 Å². The van der Waals surface area contributed by atoms with Crippen LogP contribution >= 0.6 is 0 Å². The summed E-state index contributed by atoms with van der Waals surface area (Å²) in [5.74, 6) is -0.330. The molecule has 1 aromatic carbocycles. The Morgan fingerprint density at radius 3 is 2.21 bits per heavy atom. The van der Waals surface area contributed by atoms with Crippen LogP contribution in [0.25, 0.3) is 0 Å². The summed E-state index contributed by atoms with van der Waals surface area (Å²) in [6, 6.07) is 4.29. The monoisotopic (exact) mass is 194 g/mol. The van der Waals surface area contributed by atoms with Gasteiger partial charge in [-0.05, 0) is 18.1 Å². The summed E-state index contributed by atoms with van der Waals surface area (Å²) < 4.78 is 0. The quantitative estimate of drug-likeness (QED) is 0.726. The average Bonchev–Trinajstić information content (AvgIpc) is 2.01. The minimum atomic E-state index is -0.226. The molecule has 3 heteroatoms.